The van der Waals surface area contributed by atoms with Crippen molar-refractivity contribution >= 4 is 33.2 Å². The summed E-state index contributed by atoms with van der Waals surface area (Å²) in [5, 5.41) is 7.65. The molecule has 0 aliphatic heterocycles. The Bertz CT molecular complexity index is 230. The van der Waals surface area contributed by atoms with Crippen molar-refractivity contribution in [1.29, 1.82) is 0 Å². The van der Waals surface area contributed by atoms with Gasteiger partial charge >= 0.3 is 0 Å². The molecule has 1 rings (SSSR count). The van der Waals surface area contributed by atoms with E-state index in [9.17, 15) is 0 Å². The van der Waals surface area contributed by atoms with Gasteiger partial charge in [0.25, 0.3) is 0 Å². The van der Waals surface area contributed by atoms with Gasteiger partial charge in [-0.15, -0.1) is 0 Å². The summed E-state index contributed by atoms with van der Waals surface area (Å²) in [6.45, 7) is 0. The summed E-state index contributed by atoms with van der Waals surface area (Å²) in [5.41, 5.74) is 6.11. The molecule has 0 aromatic heterocycles. The topological polar surface area (TPSA) is 46.2 Å². The summed E-state index contributed by atoms with van der Waals surface area (Å²) in [5.74, 6) is 0. The van der Waals surface area contributed by atoms with Gasteiger partial charge in [0.15, 0.2) is 0 Å². The third-order valence-electron chi connectivity index (χ3n) is 0.944. The highest BCUT2D eigenvalue weighted by Gasteiger charge is 1.93. The Kier molecular flexibility index (Phi) is 5.28. The normalized spacial score (nSPS) is 8.36. The Morgan fingerprint density at radius 2 is 2.00 bits per heavy atom. The minimum absolute atomic E-state index is 0.648. The van der Waals surface area contributed by atoms with Gasteiger partial charge in [-0.2, -0.15) is 0 Å². The molecule has 0 amide bonds. The quantitative estimate of drug-likeness (QED) is 0.681. The number of hydrogen-bond donors (Lipinski definition) is 2. The molecular formula is C7H9BrClNO. The van der Waals surface area contributed by atoms with Crippen LogP contribution in [0.2, 0.25) is 5.02 Å². The van der Waals surface area contributed by atoms with Crippen LogP contribution in [0.4, 0.5) is 5.69 Å². The van der Waals surface area contributed by atoms with Crippen molar-refractivity contribution in [1.82, 2.24) is 0 Å². The van der Waals surface area contributed by atoms with E-state index in [0.29, 0.717) is 10.7 Å². The molecule has 0 atom stereocenters. The van der Waals surface area contributed by atoms with Crippen molar-refractivity contribution < 1.29 is 5.11 Å². The average Bonchev–Trinajstić information content (AvgIpc) is 2.02. The van der Waals surface area contributed by atoms with Crippen LogP contribution in [-0.2, 0) is 0 Å². The molecule has 4 heteroatoms. The lowest BCUT2D eigenvalue weighted by molar-refractivity contribution is 0.399. The molecule has 0 unspecified atom stereocenters. The number of rotatable bonds is 0. The van der Waals surface area contributed by atoms with Crippen LogP contribution in [-0.4, -0.2) is 12.2 Å². The maximum absolute atomic E-state index is 7.00. The smallest absolute Gasteiger partial charge is 0.0568 e. The number of aliphatic hydroxyl groups excluding tert-OH is 1. The molecule has 0 heterocycles. The van der Waals surface area contributed by atoms with E-state index in [2.05, 4.69) is 15.9 Å². The Labute approximate surface area is 79.1 Å². The van der Waals surface area contributed by atoms with Crippen molar-refractivity contribution in [3.63, 3.8) is 0 Å². The van der Waals surface area contributed by atoms with Gasteiger partial charge in [-0.3, -0.25) is 0 Å². The van der Waals surface area contributed by atoms with Crippen LogP contribution in [0.1, 0.15) is 0 Å². The molecule has 11 heavy (non-hydrogen) atoms. The lowest BCUT2D eigenvalue weighted by Gasteiger charge is -1.94. The van der Waals surface area contributed by atoms with E-state index >= 15 is 0 Å². The van der Waals surface area contributed by atoms with Crippen molar-refractivity contribution in [3.8, 4) is 0 Å². The number of nitrogen functional groups attached to an aromatic ring is 1. The number of nitrogens with two attached hydrogens (primary N) is 1. The predicted octanol–water partition coefficient (Wildman–Crippen LogP) is 2.29. The molecule has 1 aromatic rings. The Balaban J connectivity index is 0.000000461. The standard InChI is InChI=1S/C6H5BrClN.CH4O/c7-5-2-1-4(9)3-6(5)8;1-2/h1-3H,9H2;2H,1H3. The van der Waals surface area contributed by atoms with Crippen molar-refractivity contribution in [2.75, 3.05) is 12.8 Å². The van der Waals surface area contributed by atoms with Gasteiger partial charge in [0.05, 0.1) is 5.02 Å². The van der Waals surface area contributed by atoms with Gasteiger partial charge in [-0.25, -0.2) is 0 Å². The molecule has 0 aliphatic rings. The van der Waals surface area contributed by atoms with E-state index in [1.54, 1.807) is 12.1 Å². The molecule has 0 radical (unpaired) electrons. The van der Waals surface area contributed by atoms with Gasteiger partial charge < -0.3 is 10.8 Å². The number of benzene rings is 1. The van der Waals surface area contributed by atoms with Crippen LogP contribution in [0.3, 0.4) is 0 Å². The highest BCUT2D eigenvalue weighted by molar-refractivity contribution is 9.10. The molecule has 0 bridgehead atoms. The first-order chi connectivity index (χ1) is 5.20. The van der Waals surface area contributed by atoms with Gasteiger partial charge in [-0.05, 0) is 34.1 Å². The molecule has 0 aliphatic carbocycles. The predicted molar refractivity (Wildman–Crippen MR) is 51.7 cm³/mol. The SMILES string of the molecule is CO.Nc1ccc(Br)c(Cl)c1. The highest BCUT2D eigenvalue weighted by Crippen LogP contribution is 2.23. The second-order valence-corrected chi connectivity index (χ2v) is 2.94. The molecule has 2 nitrogen and oxygen atoms in total. The Morgan fingerprint density at radius 1 is 1.45 bits per heavy atom. The lowest BCUT2D eigenvalue weighted by Crippen LogP contribution is -1.82. The van der Waals surface area contributed by atoms with E-state index in [1.165, 1.54) is 0 Å². The zero-order valence-corrected chi connectivity index (χ0v) is 8.35. The summed E-state index contributed by atoms with van der Waals surface area (Å²) in [6, 6.07) is 5.30. The number of anilines is 1. The van der Waals surface area contributed by atoms with Gasteiger partial charge in [0, 0.05) is 17.3 Å². The third-order valence-corrected chi connectivity index (χ3v) is 2.18. The van der Waals surface area contributed by atoms with Crippen LogP contribution in [0.25, 0.3) is 0 Å². The van der Waals surface area contributed by atoms with Gasteiger partial charge in [0.2, 0.25) is 0 Å². The monoisotopic (exact) mass is 237 g/mol. The summed E-state index contributed by atoms with van der Waals surface area (Å²) in [6.07, 6.45) is 0. The first kappa shape index (κ1) is 10.8. The maximum Gasteiger partial charge on any atom is 0.0568 e. The lowest BCUT2D eigenvalue weighted by atomic mass is 10.3. The second-order valence-electron chi connectivity index (χ2n) is 1.67. The molecule has 3 N–H and O–H groups in total. The van der Waals surface area contributed by atoms with Crippen LogP contribution in [0.5, 0.6) is 0 Å². The maximum atomic E-state index is 7.00. The molecule has 0 spiro atoms. The number of halogens is 2. The van der Waals surface area contributed by atoms with E-state index < -0.39 is 0 Å². The fraction of sp³-hybridized carbons (Fsp3) is 0.143. The molecule has 0 fully saturated rings. The molecule has 0 saturated carbocycles. The second kappa shape index (κ2) is 5.41. The molecule has 1 aromatic carbocycles. The van der Waals surface area contributed by atoms with Crippen LogP contribution >= 0.6 is 27.5 Å². The van der Waals surface area contributed by atoms with Gasteiger partial charge in [-0.1, -0.05) is 11.6 Å². The third kappa shape index (κ3) is 3.60. The van der Waals surface area contributed by atoms with E-state index in [-0.39, 0.29) is 0 Å². The molecule has 62 valence electrons. The average molecular weight is 239 g/mol. The fourth-order valence-corrected chi connectivity index (χ4v) is 0.948. The Hall–Kier alpha value is -0.250. The number of hydrogen-bond acceptors (Lipinski definition) is 2. The summed E-state index contributed by atoms with van der Waals surface area (Å²) in [4.78, 5) is 0. The summed E-state index contributed by atoms with van der Waals surface area (Å²) >= 11 is 8.93. The summed E-state index contributed by atoms with van der Waals surface area (Å²) < 4.78 is 0.873. The first-order valence-electron chi connectivity index (χ1n) is 2.85. The van der Waals surface area contributed by atoms with Crippen molar-refractivity contribution in [2.45, 2.75) is 0 Å². The van der Waals surface area contributed by atoms with Gasteiger partial charge in [0.1, 0.15) is 0 Å². The van der Waals surface area contributed by atoms with Crippen LogP contribution < -0.4 is 5.73 Å². The minimum Gasteiger partial charge on any atom is -0.400 e. The number of aliphatic hydroxyl groups is 1. The fourth-order valence-electron chi connectivity index (χ4n) is 0.512. The highest BCUT2D eigenvalue weighted by atomic mass is 79.9. The van der Waals surface area contributed by atoms with Crippen LogP contribution in [0.15, 0.2) is 22.7 Å². The van der Waals surface area contributed by atoms with E-state index in [0.717, 1.165) is 11.6 Å². The zero-order valence-electron chi connectivity index (χ0n) is 6.01. The Morgan fingerprint density at radius 3 is 2.36 bits per heavy atom. The largest absolute Gasteiger partial charge is 0.400 e. The van der Waals surface area contributed by atoms with Crippen LogP contribution in [0, 0.1) is 0 Å². The van der Waals surface area contributed by atoms with Crippen molar-refractivity contribution in [2.24, 2.45) is 0 Å². The molecule has 0 saturated heterocycles. The first-order valence-corrected chi connectivity index (χ1v) is 4.02. The molecular weight excluding hydrogens is 229 g/mol. The van der Waals surface area contributed by atoms with E-state index in [4.69, 9.17) is 22.4 Å². The van der Waals surface area contributed by atoms with Crippen molar-refractivity contribution in [3.05, 3.63) is 27.7 Å². The zero-order chi connectivity index (χ0) is 8.85. The minimum atomic E-state index is 0.648. The summed E-state index contributed by atoms with van der Waals surface area (Å²) in [7, 11) is 1.00. The van der Waals surface area contributed by atoms with E-state index in [1.807, 2.05) is 6.07 Å².